The fraction of sp³-hybridized carbons (Fsp3) is 0.391. The topological polar surface area (TPSA) is 46.4 Å². The Hall–Kier alpha value is -2.76. The minimum absolute atomic E-state index is 0.0180. The van der Waals surface area contributed by atoms with E-state index in [1.165, 1.54) is 0 Å². The number of anilines is 1. The molecule has 0 unspecified atom stereocenters. The Morgan fingerprint density at radius 1 is 1.21 bits per heavy atom. The van der Waals surface area contributed by atoms with E-state index < -0.39 is 11.6 Å². The summed E-state index contributed by atoms with van der Waals surface area (Å²) in [5.74, 6) is -0.806. The predicted octanol–water partition coefficient (Wildman–Crippen LogP) is 5.99. The number of pyridine rings is 1. The van der Waals surface area contributed by atoms with Crippen LogP contribution in [0.1, 0.15) is 46.1 Å². The number of rotatable bonds is 5. The van der Waals surface area contributed by atoms with Crippen LogP contribution in [-0.2, 0) is 4.79 Å². The van der Waals surface area contributed by atoms with Crippen molar-refractivity contribution in [1.29, 1.82) is 0 Å². The fourth-order valence-corrected chi connectivity index (χ4v) is 3.75. The summed E-state index contributed by atoms with van der Waals surface area (Å²) in [6.07, 6.45) is 3.01. The second-order valence-corrected chi connectivity index (χ2v) is 8.99. The molecule has 1 atom stereocenters. The van der Waals surface area contributed by atoms with Gasteiger partial charge in [-0.1, -0.05) is 27.7 Å². The van der Waals surface area contributed by atoms with E-state index in [-0.39, 0.29) is 28.5 Å². The molecule has 3 aromatic rings. The third-order valence-electron chi connectivity index (χ3n) is 4.72. The van der Waals surface area contributed by atoms with E-state index in [4.69, 9.17) is 0 Å². The van der Waals surface area contributed by atoms with Gasteiger partial charge in [-0.15, -0.1) is 0 Å². The highest BCUT2D eigenvalue weighted by molar-refractivity contribution is 5.94. The van der Waals surface area contributed by atoms with Gasteiger partial charge in [0.25, 0.3) is 0 Å². The van der Waals surface area contributed by atoms with Gasteiger partial charge in [0.1, 0.15) is 28.8 Å². The normalized spacial score (nSPS) is 12.9. The second-order valence-electron chi connectivity index (χ2n) is 8.99. The zero-order valence-corrected chi connectivity index (χ0v) is 17.5. The molecule has 1 aromatic carbocycles. The molecule has 1 amide bonds. The lowest BCUT2D eigenvalue weighted by Crippen LogP contribution is -2.20. The van der Waals surface area contributed by atoms with E-state index in [1.54, 1.807) is 10.6 Å². The highest BCUT2D eigenvalue weighted by atomic mass is 19.1. The van der Waals surface area contributed by atoms with Gasteiger partial charge in [-0.25, -0.2) is 13.8 Å². The number of carbonyl (C=O) groups excluding carboxylic acids is 1. The first-order valence-electron chi connectivity index (χ1n) is 9.77. The molecule has 2 aromatic heterocycles. The average Bonchev–Trinajstić information content (AvgIpc) is 2.92. The van der Waals surface area contributed by atoms with Gasteiger partial charge in [-0.3, -0.25) is 9.20 Å². The summed E-state index contributed by atoms with van der Waals surface area (Å²) in [6, 6.07) is 6.93. The summed E-state index contributed by atoms with van der Waals surface area (Å²) in [4.78, 5) is 17.2. The maximum atomic E-state index is 14.4. The van der Waals surface area contributed by atoms with E-state index >= 15 is 0 Å². The van der Waals surface area contributed by atoms with Crippen LogP contribution in [0.4, 0.5) is 14.6 Å². The van der Waals surface area contributed by atoms with Gasteiger partial charge in [0, 0.05) is 18.2 Å². The van der Waals surface area contributed by atoms with Gasteiger partial charge in [-0.2, -0.15) is 0 Å². The zero-order valence-electron chi connectivity index (χ0n) is 17.5. The maximum absolute atomic E-state index is 14.4. The van der Waals surface area contributed by atoms with Crippen molar-refractivity contribution in [3.05, 3.63) is 53.7 Å². The van der Waals surface area contributed by atoms with Gasteiger partial charge in [0.15, 0.2) is 0 Å². The molecule has 6 heteroatoms. The lowest BCUT2D eigenvalue weighted by Gasteiger charge is -2.22. The van der Waals surface area contributed by atoms with Crippen LogP contribution in [0, 0.1) is 29.9 Å². The van der Waals surface area contributed by atoms with Crippen molar-refractivity contribution < 1.29 is 13.6 Å². The number of benzene rings is 1. The number of halogens is 2. The Balaban J connectivity index is 1.99. The molecule has 0 saturated heterocycles. The molecule has 0 aliphatic carbocycles. The van der Waals surface area contributed by atoms with Gasteiger partial charge < -0.3 is 5.32 Å². The first kappa shape index (κ1) is 21.0. The highest BCUT2D eigenvalue weighted by Crippen LogP contribution is 2.32. The summed E-state index contributed by atoms with van der Waals surface area (Å²) in [7, 11) is 0. The number of nitrogens with one attached hydrogen (secondary N) is 1. The van der Waals surface area contributed by atoms with Crippen LogP contribution in [0.3, 0.4) is 0 Å². The van der Waals surface area contributed by atoms with Crippen molar-refractivity contribution in [2.24, 2.45) is 11.3 Å². The molecule has 1 N–H and O–H groups in total. The molecular weight excluding hydrogens is 372 g/mol. The van der Waals surface area contributed by atoms with Crippen molar-refractivity contribution in [1.82, 2.24) is 9.38 Å². The largest absolute Gasteiger partial charge is 0.310 e. The Kier molecular flexibility index (Phi) is 5.73. The molecule has 0 aliphatic heterocycles. The lowest BCUT2D eigenvalue weighted by atomic mass is 9.84. The number of aryl methyl sites for hydroxylation is 1. The minimum atomic E-state index is -0.594. The summed E-state index contributed by atoms with van der Waals surface area (Å²) in [6.45, 7) is 10.4. The number of hydrogen-bond acceptors (Lipinski definition) is 2. The Labute approximate surface area is 170 Å². The fourth-order valence-electron chi connectivity index (χ4n) is 3.75. The molecule has 0 spiro atoms. The van der Waals surface area contributed by atoms with Crippen LogP contribution in [0.2, 0.25) is 0 Å². The van der Waals surface area contributed by atoms with E-state index in [0.29, 0.717) is 17.9 Å². The number of amides is 1. The van der Waals surface area contributed by atoms with Gasteiger partial charge in [0.05, 0.1) is 0 Å². The Morgan fingerprint density at radius 2 is 1.93 bits per heavy atom. The smallest absolute Gasteiger partial charge is 0.225 e. The van der Waals surface area contributed by atoms with Crippen molar-refractivity contribution in [2.75, 3.05) is 5.32 Å². The van der Waals surface area contributed by atoms with E-state index in [1.807, 2.05) is 26.0 Å². The van der Waals surface area contributed by atoms with Gasteiger partial charge >= 0.3 is 0 Å². The average molecular weight is 399 g/mol. The molecule has 29 heavy (non-hydrogen) atoms. The number of imidazole rings is 1. The van der Waals surface area contributed by atoms with Crippen LogP contribution >= 0.6 is 0 Å². The summed E-state index contributed by atoms with van der Waals surface area (Å²) < 4.78 is 29.9. The molecule has 0 bridgehead atoms. The van der Waals surface area contributed by atoms with Crippen LogP contribution in [0.5, 0.6) is 0 Å². The second kappa shape index (κ2) is 7.93. The minimum Gasteiger partial charge on any atom is -0.310 e. The van der Waals surface area contributed by atoms with E-state index in [0.717, 1.165) is 30.2 Å². The SMILES string of the molecule is Cc1ccn2c(NC(=O)C[C@H](C)CC(C)(C)C)c(-c3cc(F)ccc3F)nc2c1. The quantitative estimate of drug-likeness (QED) is 0.573. The summed E-state index contributed by atoms with van der Waals surface area (Å²) in [5.41, 5.74) is 1.89. The van der Waals surface area contributed by atoms with Gasteiger partial charge in [0.2, 0.25) is 5.91 Å². The van der Waals surface area contributed by atoms with Crippen molar-refractivity contribution >= 4 is 17.4 Å². The van der Waals surface area contributed by atoms with Crippen molar-refractivity contribution in [2.45, 2.75) is 47.5 Å². The molecule has 154 valence electrons. The number of aromatic nitrogens is 2. The van der Waals surface area contributed by atoms with Crippen LogP contribution in [0.25, 0.3) is 16.9 Å². The molecule has 3 rings (SSSR count). The van der Waals surface area contributed by atoms with Crippen LogP contribution in [-0.4, -0.2) is 15.3 Å². The third-order valence-corrected chi connectivity index (χ3v) is 4.72. The Morgan fingerprint density at radius 3 is 2.62 bits per heavy atom. The predicted molar refractivity (Wildman–Crippen MR) is 112 cm³/mol. The number of hydrogen-bond donors (Lipinski definition) is 1. The standard InChI is InChI=1S/C23H27F2N3O/c1-14-8-9-28-19(10-14)26-21(17-12-16(24)6-7-18(17)25)22(28)27-20(29)11-15(2)13-23(3,4)5/h6-10,12,15H,11,13H2,1-5H3,(H,27,29)/t15-/m0/s1. The maximum Gasteiger partial charge on any atom is 0.225 e. The molecule has 0 fully saturated rings. The molecule has 4 nitrogen and oxygen atoms in total. The highest BCUT2D eigenvalue weighted by Gasteiger charge is 2.22. The third kappa shape index (κ3) is 5.00. The van der Waals surface area contributed by atoms with Gasteiger partial charge in [-0.05, 0) is 60.6 Å². The van der Waals surface area contributed by atoms with Crippen molar-refractivity contribution in [3.63, 3.8) is 0 Å². The molecule has 0 radical (unpaired) electrons. The first-order valence-corrected chi connectivity index (χ1v) is 9.77. The van der Waals surface area contributed by atoms with Crippen molar-refractivity contribution in [3.8, 4) is 11.3 Å². The summed E-state index contributed by atoms with van der Waals surface area (Å²) in [5, 5.41) is 2.89. The molecule has 0 aliphatic rings. The number of fused-ring (bicyclic) bond motifs is 1. The monoisotopic (exact) mass is 399 g/mol. The zero-order chi connectivity index (χ0) is 21.3. The van der Waals surface area contributed by atoms with Crippen LogP contribution < -0.4 is 5.32 Å². The van der Waals surface area contributed by atoms with Crippen LogP contribution in [0.15, 0.2) is 36.5 Å². The first-order chi connectivity index (χ1) is 13.5. The Bertz CT molecular complexity index is 1050. The molecule has 0 saturated carbocycles. The molecular formula is C23H27F2N3O. The van der Waals surface area contributed by atoms with E-state index in [9.17, 15) is 13.6 Å². The number of nitrogens with zero attached hydrogens (tertiary/aromatic N) is 2. The lowest BCUT2D eigenvalue weighted by molar-refractivity contribution is -0.117. The number of carbonyl (C=O) groups is 1. The summed E-state index contributed by atoms with van der Waals surface area (Å²) >= 11 is 0. The molecule has 2 heterocycles. The van der Waals surface area contributed by atoms with E-state index in [2.05, 4.69) is 31.1 Å².